The zero-order valence-electron chi connectivity index (χ0n) is 22.8. The Labute approximate surface area is 240 Å². The fourth-order valence-electron chi connectivity index (χ4n) is 5.68. The number of aromatic nitrogens is 5. The van der Waals surface area contributed by atoms with Crippen molar-refractivity contribution < 1.29 is 18.4 Å². The summed E-state index contributed by atoms with van der Waals surface area (Å²) in [5, 5.41) is 11.5. The molecule has 0 saturated carbocycles. The van der Waals surface area contributed by atoms with Crippen molar-refractivity contribution in [1.29, 1.82) is 0 Å². The summed E-state index contributed by atoms with van der Waals surface area (Å²) in [5.74, 6) is 1.61. The first-order valence-electron chi connectivity index (χ1n) is 14.0. The van der Waals surface area contributed by atoms with Gasteiger partial charge >= 0.3 is 0 Å². The van der Waals surface area contributed by atoms with Crippen LogP contribution in [0.5, 0.6) is 0 Å². The van der Waals surface area contributed by atoms with Crippen LogP contribution < -0.4 is 15.1 Å². The van der Waals surface area contributed by atoms with Crippen molar-refractivity contribution in [2.24, 2.45) is 5.92 Å². The monoisotopic (exact) mass is 568 g/mol. The molecule has 1 N–H and O–H groups in total. The molecule has 42 heavy (non-hydrogen) atoms. The van der Waals surface area contributed by atoms with Crippen LogP contribution in [0.1, 0.15) is 24.4 Å². The fourth-order valence-corrected chi connectivity index (χ4v) is 5.68. The van der Waals surface area contributed by atoms with E-state index in [9.17, 15) is 9.18 Å². The van der Waals surface area contributed by atoms with Gasteiger partial charge in [0.15, 0.2) is 11.5 Å². The van der Waals surface area contributed by atoms with Gasteiger partial charge in [-0.1, -0.05) is 23.4 Å². The highest BCUT2D eigenvalue weighted by atomic mass is 19.1. The number of nitrogens with one attached hydrogen (secondary N) is 1. The maximum Gasteiger partial charge on any atom is 0.228 e. The van der Waals surface area contributed by atoms with Gasteiger partial charge in [0.05, 0.1) is 31.1 Å². The largest absolute Gasteiger partial charge is 0.377 e. The molecule has 2 aliphatic rings. The summed E-state index contributed by atoms with van der Waals surface area (Å²) in [6, 6.07) is 17.9. The molecule has 1 aromatic carbocycles. The Hall–Kier alpha value is -4.84. The number of ether oxygens (including phenoxy) is 1. The fraction of sp³-hybridized carbons (Fsp3) is 0.300. The van der Waals surface area contributed by atoms with Crippen molar-refractivity contribution in [2.45, 2.75) is 18.9 Å². The molecule has 1 unspecified atom stereocenters. The molecular formula is C30H29FN8O3. The van der Waals surface area contributed by atoms with E-state index in [0.717, 1.165) is 28.6 Å². The second-order valence-corrected chi connectivity index (χ2v) is 10.5. The number of anilines is 3. The number of halogens is 1. The van der Waals surface area contributed by atoms with Gasteiger partial charge in [-0.15, -0.1) is 5.10 Å². The lowest BCUT2D eigenvalue weighted by Gasteiger charge is -2.36. The van der Waals surface area contributed by atoms with Crippen LogP contribution in [-0.4, -0.2) is 63.5 Å². The van der Waals surface area contributed by atoms with Crippen LogP contribution in [0.25, 0.3) is 17.0 Å². The summed E-state index contributed by atoms with van der Waals surface area (Å²) in [5.41, 5.74) is 3.07. The van der Waals surface area contributed by atoms with Gasteiger partial charge in [-0.25, -0.2) is 18.9 Å². The Morgan fingerprint density at radius 2 is 1.88 bits per heavy atom. The molecule has 7 rings (SSSR count). The van der Waals surface area contributed by atoms with Gasteiger partial charge < -0.3 is 24.4 Å². The molecule has 0 radical (unpaired) electrons. The number of hydrogen-bond donors (Lipinski definition) is 1. The molecule has 12 heteroatoms. The average Bonchev–Trinajstić information content (AvgIpc) is 3.71. The van der Waals surface area contributed by atoms with E-state index >= 15 is 0 Å². The van der Waals surface area contributed by atoms with Crippen LogP contribution in [0, 0.1) is 11.7 Å². The summed E-state index contributed by atoms with van der Waals surface area (Å²) in [7, 11) is 0. The molecule has 2 aliphatic heterocycles. The topological polar surface area (TPSA) is 114 Å². The van der Waals surface area contributed by atoms with Gasteiger partial charge in [0, 0.05) is 31.6 Å². The third-order valence-electron chi connectivity index (χ3n) is 7.88. The maximum absolute atomic E-state index is 14.0. The molecule has 5 aromatic rings. The summed E-state index contributed by atoms with van der Waals surface area (Å²) in [6.45, 7) is 3.06. The number of morpholine rings is 1. The van der Waals surface area contributed by atoms with E-state index in [-0.39, 0.29) is 23.7 Å². The molecule has 214 valence electrons. The molecule has 2 saturated heterocycles. The van der Waals surface area contributed by atoms with Crippen LogP contribution in [0.3, 0.4) is 0 Å². The van der Waals surface area contributed by atoms with Crippen molar-refractivity contribution >= 4 is 29.0 Å². The third kappa shape index (κ3) is 5.16. The van der Waals surface area contributed by atoms with Gasteiger partial charge in [-0.2, -0.15) is 0 Å². The summed E-state index contributed by atoms with van der Waals surface area (Å²) in [4.78, 5) is 26.5. The number of imidazole rings is 1. The molecule has 0 aliphatic carbocycles. The third-order valence-corrected chi connectivity index (χ3v) is 7.88. The minimum absolute atomic E-state index is 0.0437. The molecule has 0 spiro atoms. The molecule has 2 fully saturated rings. The molecular weight excluding hydrogens is 539 g/mol. The number of carbonyl (C=O) groups is 1. The average molecular weight is 569 g/mol. The number of fused-ring (bicyclic) bond motifs is 1. The first-order valence-corrected chi connectivity index (χ1v) is 14.0. The zero-order valence-corrected chi connectivity index (χ0v) is 22.8. The summed E-state index contributed by atoms with van der Waals surface area (Å²) < 4.78 is 26.4. The number of amides is 1. The van der Waals surface area contributed by atoms with Crippen molar-refractivity contribution in [3.63, 3.8) is 0 Å². The normalized spacial score (nSPS) is 18.0. The molecule has 11 nitrogen and oxygen atoms in total. The predicted molar refractivity (Wildman–Crippen MR) is 154 cm³/mol. The SMILES string of the molecule is O=C(Nc1ccon1)C1CCN(c2cccc(-c3cnc4ccc(N5CCOCC5c5cccc(F)c5)nn34)n2)CC1. The predicted octanol–water partition coefficient (Wildman–Crippen LogP) is 4.35. The quantitative estimate of drug-likeness (QED) is 0.319. The first kappa shape index (κ1) is 26.1. The molecule has 1 amide bonds. The van der Waals surface area contributed by atoms with E-state index in [1.165, 1.54) is 12.3 Å². The first-order chi connectivity index (χ1) is 20.6. The summed E-state index contributed by atoms with van der Waals surface area (Å²) >= 11 is 0. The smallest absolute Gasteiger partial charge is 0.228 e. The standard InChI is InChI=1S/C30H29FN8O3/c31-22-4-1-3-21(17-22)25-19-41-16-14-38(25)29-8-7-27-32-18-24(39(27)35-29)23-5-2-6-28(33-23)37-12-9-20(10-13-37)30(40)34-26-11-15-42-36-26/h1-8,11,15,17-18,20,25H,9-10,12-14,16,19H2,(H,34,36,40). The number of piperidine rings is 1. The summed E-state index contributed by atoms with van der Waals surface area (Å²) in [6.07, 6.45) is 4.63. The Morgan fingerprint density at radius 1 is 1.00 bits per heavy atom. The highest BCUT2D eigenvalue weighted by molar-refractivity contribution is 5.91. The molecule has 4 aromatic heterocycles. The Kier molecular flexibility index (Phi) is 6.96. The van der Waals surface area contributed by atoms with Crippen molar-refractivity contribution in [2.75, 3.05) is 48.0 Å². The number of rotatable bonds is 6. The second-order valence-electron chi connectivity index (χ2n) is 10.5. The van der Waals surface area contributed by atoms with Crippen LogP contribution >= 0.6 is 0 Å². The molecule has 1 atom stereocenters. The number of pyridine rings is 1. The van der Waals surface area contributed by atoms with Gasteiger partial charge in [-0.05, 0) is 54.8 Å². The van der Waals surface area contributed by atoms with Crippen molar-refractivity contribution in [1.82, 2.24) is 24.7 Å². The lowest BCUT2D eigenvalue weighted by atomic mass is 9.96. The Balaban J connectivity index is 1.11. The van der Waals surface area contributed by atoms with Crippen LogP contribution in [0.4, 0.5) is 21.8 Å². The van der Waals surface area contributed by atoms with Crippen LogP contribution in [0.15, 0.2) is 77.6 Å². The van der Waals surface area contributed by atoms with E-state index in [1.807, 2.05) is 36.4 Å². The van der Waals surface area contributed by atoms with Gasteiger partial charge in [0.1, 0.15) is 29.4 Å². The Morgan fingerprint density at radius 3 is 2.71 bits per heavy atom. The second kappa shape index (κ2) is 11.2. The lowest BCUT2D eigenvalue weighted by molar-refractivity contribution is -0.120. The molecule has 6 heterocycles. The van der Waals surface area contributed by atoms with E-state index in [1.54, 1.807) is 28.9 Å². The number of benzene rings is 1. The minimum atomic E-state index is -0.275. The number of carbonyl (C=O) groups excluding carboxylic acids is 1. The van der Waals surface area contributed by atoms with Crippen LogP contribution in [-0.2, 0) is 9.53 Å². The number of nitrogens with zero attached hydrogens (tertiary/aromatic N) is 7. The van der Waals surface area contributed by atoms with Crippen molar-refractivity contribution in [3.8, 4) is 11.4 Å². The molecule has 0 bridgehead atoms. The zero-order chi connectivity index (χ0) is 28.5. The minimum Gasteiger partial charge on any atom is -0.377 e. The highest BCUT2D eigenvalue weighted by Crippen LogP contribution is 2.31. The maximum atomic E-state index is 14.0. The van der Waals surface area contributed by atoms with Gasteiger partial charge in [0.25, 0.3) is 0 Å². The lowest BCUT2D eigenvalue weighted by Crippen LogP contribution is -2.40. The highest BCUT2D eigenvalue weighted by Gasteiger charge is 2.28. The van der Waals surface area contributed by atoms with E-state index in [4.69, 9.17) is 19.3 Å². The van der Waals surface area contributed by atoms with E-state index in [0.29, 0.717) is 57.2 Å². The Bertz CT molecular complexity index is 1700. The number of hydrogen-bond acceptors (Lipinski definition) is 9. The van der Waals surface area contributed by atoms with Crippen molar-refractivity contribution in [3.05, 3.63) is 84.5 Å². The van der Waals surface area contributed by atoms with Gasteiger partial charge in [0.2, 0.25) is 5.91 Å². The van der Waals surface area contributed by atoms with E-state index < -0.39 is 0 Å². The van der Waals surface area contributed by atoms with Gasteiger partial charge in [-0.3, -0.25) is 4.79 Å². The van der Waals surface area contributed by atoms with Crippen LogP contribution in [0.2, 0.25) is 0 Å². The van der Waals surface area contributed by atoms with E-state index in [2.05, 4.69) is 25.3 Å².